The molecule has 6 nitrogen and oxygen atoms in total. The standard InChI is InChI=1S/C16H25N3O3S/c1-4-5-12-23(21,22)19-11-7-9-14(19)16(20)18(3)15-13(2)8-6-10-17-15/h6,8,10,14H,4-5,7,9,11-12H2,1-3H3. The first-order valence-corrected chi connectivity index (χ1v) is 9.68. The summed E-state index contributed by atoms with van der Waals surface area (Å²) in [6.45, 7) is 4.27. The molecule has 2 heterocycles. The molecule has 0 bridgehead atoms. The van der Waals surface area contributed by atoms with Gasteiger partial charge < -0.3 is 0 Å². The number of aromatic nitrogens is 1. The largest absolute Gasteiger partial charge is 0.298 e. The van der Waals surface area contributed by atoms with Crippen molar-refractivity contribution in [3.8, 4) is 0 Å². The number of carbonyl (C=O) groups excluding carboxylic acids is 1. The maximum Gasteiger partial charge on any atom is 0.246 e. The fourth-order valence-electron chi connectivity index (χ4n) is 2.92. The highest BCUT2D eigenvalue weighted by molar-refractivity contribution is 7.89. The first-order chi connectivity index (χ1) is 10.9. The lowest BCUT2D eigenvalue weighted by Crippen LogP contribution is -2.47. The molecule has 23 heavy (non-hydrogen) atoms. The van der Waals surface area contributed by atoms with E-state index in [1.54, 1.807) is 13.2 Å². The smallest absolute Gasteiger partial charge is 0.246 e. The van der Waals surface area contributed by atoms with Crippen LogP contribution in [0, 0.1) is 6.92 Å². The van der Waals surface area contributed by atoms with Crippen LogP contribution in [0.1, 0.15) is 38.2 Å². The van der Waals surface area contributed by atoms with Crippen LogP contribution < -0.4 is 4.90 Å². The molecule has 0 N–H and O–H groups in total. The number of pyridine rings is 1. The highest BCUT2D eigenvalue weighted by atomic mass is 32.2. The fraction of sp³-hybridized carbons (Fsp3) is 0.625. The molecule has 1 unspecified atom stereocenters. The van der Waals surface area contributed by atoms with E-state index >= 15 is 0 Å². The van der Waals surface area contributed by atoms with Crippen molar-refractivity contribution >= 4 is 21.7 Å². The van der Waals surface area contributed by atoms with E-state index in [2.05, 4.69) is 4.98 Å². The molecule has 2 rings (SSSR count). The number of sulfonamides is 1. The lowest BCUT2D eigenvalue weighted by atomic mass is 10.2. The van der Waals surface area contributed by atoms with Crippen LogP contribution in [0.15, 0.2) is 18.3 Å². The Bertz CT molecular complexity index is 660. The molecule has 0 radical (unpaired) electrons. The van der Waals surface area contributed by atoms with E-state index in [0.717, 1.165) is 18.4 Å². The van der Waals surface area contributed by atoms with Crippen molar-refractivity contribution in [2.75, 3.05) is 24.2 Å². The Morgan fingerprint density at radius 3 is 2.87 bits per heavy atom. The van der Waals surface area contributed by atoms with Gasteiger partial charge in [-0.1, -0.05) is 19.4 Å². The number of unbranched alkanes of at least 4 members (excludes halogenated alkanes) is 1. The number of hydrogen-bond acceptors (Lipinski definition) is 4. The number of rotatable bonds is 6. The van der Waals surface area contributed by atoms with E-state index in [1.165, 1.54) is 9.21 Å². The molecule has 0 spiro atoms. The predicted molar refractivity (Wildman–Crippen MR) is 90.8 cm³/mol. The average molecular weight is 339 g/mol. The number of hydrogen-bond donors (Lipinski definition) is 0. The third-order valence-corrected chi connectivity index (χ3v) is 6.19. The highest BCUT2D eigenvalue weighted by Gasteiger charge is 2.39. The van der Waals surface area contributed by atoms with E-state index in [9.17, 15) is 13.2 Å². The topological polar surface area (TPSA) is 70.6 Å². The SMILES string of the molecule is CCCCS(=O)(=O)N1CCCC1C(=O)N(C)c1ncccc1C. The Labute approximate surface area is 138 Å². The summed E-state index contributed by atoms with van der Waals surface area (Å²) < 4.78 is 26.3. The minimum atomic E-state index is -3.38. The Hall–Kier alpha value is -1.47. The Kier molecular flexibility index (Phi) is 5.75. The van der Waals surface area contributed by atoms with E-state index in [4.69, 9.17) is 0 Å². The molecule has 1 amide bonds. The molecule has 1 saturated heterocycles. The maximum atomic E-state index is 12.8. The van der Waals surface area contributed by atoms with Gasteiger partial charge in [-0.2, -0.15) is 4.31 Å². The van der Waals surface area contributed by atoms with Crippen molar-refractivity contribution in [2.45, 2.75) is 45.6 Å². The summed E-state index contributed by atoms with van der Waals surface area (Å²) in [5.41, 5.74) is 0.890. The molecule has 0 aromatic carbocycles. The third kappa shape index (κ3) is 3.90. The normalized spacial score (nSPS) is 19.0. The van der Waals surface area contributed by atoms with Crippen LogP contribution in [-0.2, 0) is 14.8 Å². The zero-order valence-corrected chi connectivity index (χ0v) is 14.8. The minimum Gasteiger partial charge on any atom is -0.298 e. The van der Waals surface area contributed by atoms with E-state index < -0.39 is 16.1 Å². The number of amides is 1. The van der Waals surface area contributed by atoms with E-state index in [1.807, 2.05) is 26.0 Å². The second kappa shape index (κ2) is 7.40. The summed E-state index contributed by atoms with van der Waals surface area (Å²) >= 11 is 0. The van der Waals surface area contributed by atoms with Gasteiger partial charge >= 0.3 is 0 Å². The van der Waals surface area contributed by atoms with Gasteiger partial charge in [-0.25, -0.2) is 13.4 Å². The number of carbonyl (C=O) groups is 1. The lowest BCUT2D eigenvalue weighted by Gasteiger charge is -2.27. The van der Waals surface area contributed by atoms with Crippen LogP contribution in [0.25, 0.3) is 0 Å². The molecule has 1 aromatic heterocycles. The zero-order chi connectivity index (χ0) is 17.0. The monoisotopic (exact) mass is 339 g/mol. The summed E-state index contributed by atoms with van der Waals surface area (Å²) in [4.78, 5) is 18.5. The third-order valence-electron chi connectivity index (χ3n) is 4.23. The van der Waals surface area contributed by atoms with Crippen LogP contribution in [0.3, 0.4) is 0 Å². The van der Waals surface area contributed by atoms with Crippen molar-refractivity contribution in [1.82, 2.24) is 9.29 Å². The Morgan fingerprint density at radius 1 is 1.48 bits per heavy atom. The van der Waals surface area contributed by atoms with Crippen LogP contribution in [-0.4, -0.2) is 49.0 Å². The quantitative estimate of drug-likeness (QED) is 0.794. The molecular weight excluding hydrogens is 314 g/mol. The van der Waals surface area contributed by atoms with E-state index in [-0.39, 0.29) is 11.7 Å². The number of aryl methyl sites for hydroxylation is 1. The lowest BCUT2D eigenvalue weighted by molar-refractivity contribution is -0.121. The molecule has 0 saturated carbocycles. The van der Waals surface area contributed by atoms with Gasteiger partial charge in [-0.15, -0.1) is 0 Å². The second-order valence-corrected chi connectivity index (χ2v) is 8.02. The van der Waals surface area contributed by atoms with E-state index in [0.29, 0.717) is 25.2 Å². The summed E-state index contributed by atoms with van der Waals surface area (Å²) in [6.07, 6.45) is 4.36. The first kappa shape index (κ1) is 17.9. The maximum absolute atomic E-state index is 12.8. The van der Waals surface area contributed by atoms with Gasteiger partial charge in [0.05, 0.1) is 5.75 Å². The van der Waals surface area contributed by atoms with Crippen LogP contribution in [0.5, 0.6) is 0 Å². The van der Waals surface area contributed by atoms with Crippen LogP contribution >= 0.6 is 0 Å². The van der Waals surface area contributed by atoms with Crippen molar-refractivity contribution in [1.29, 1.82) is 0 Å². The minimum absolute atomic E-state index is 0.111. The van der Waals surface area contributed by atoms with Gasteiger partial charge in [-0.3, -0.25) is 9.69 Å². The highest BCUT2D eigenvalue weighted by Crippen LogP contribution is 2.25. The van der Waals surface area contributed by atoms with Crippen molar-refractivity contribution in [2.24, 2.45) is 0 Å². The van der Waals surface area contributed by atoms with Crippen LogP contribution in [0.2, 0.25) is 0 Å². The van der Waals surface area contributed by atoms with Gasteiger partial charge in [0, 0.05) is 19.8 Å². The number of nitrogens with zero attached hydrogens (tertiary/aromatic N) is 3. The number of anilines is 1. The summed E-state index contributed by atoms with van der Waals surface area (Å²) in [6, 6.07) is 3.09. The van der Waals surface area contributed by atoms with Gasteiger partial charge in [0.1, 0.15) is 11.9 Å². The zero-order valence-electron chi connectivity index (χ0n) is 14.0. The molecule has 128 valence electrons. The Morgan fingerprint density at radius 2 is 2.22 bits per heavy atom. The predicted octanol–water partition coefficient (Wildman–Crippen LogP) is 1.95. The second-order valence-electron chi connectivity index (χ2n) is 5.98. The molecular formula is C16H25N3O3S. The summed E-state index contributed by atoms with van der Waals surface area (Å²) in [5.74, 6) is 0.485. The fourth-order valence-corrected chi connectivity index (χ4v) is 4.80. The summed E-state index contributed by atoms with van der Waals surface area (Å²) in [7, 11) is -1.72. The van der Waals surface area contributed by atoms with Gasteiger partial charge in [0.2, 0.25) is 15.9 Å². The molecule has 1 aliphatic heterocycles. The van der Waals surface area contributed by atoms with Crippen LogP contribution in [0.4, 0.5) is 5.82 Å². The number of likely N-dealkylation sites (N-methyl/N-ethyl adjacent to an activating group) is 1. The van der Waals surface area contributed by atoms with Crippen molar-refractivity contribution < 1.29 is 13.2 Å². The molecule has 1 atom stereocenters. The molecule has 1 aromatic rings. The van der Waals surface area contributed by atoms with Gasteiger partial charge in [-0.05, 0) is 37.8 Å². The Balaban J connectivity index is 2.19. The summed E-state index contributed by atoms with van der Waals surface area (Å²) in [5, 5.41) is 0. The van der Waals surface area contributed by atoms with Crippen molar-refractivity contribution in [3.05, 3.63) is 23.9 Å². The first-order valence-electron chi connectivity index (χ1n) is 8.07. The van der Waals surface area contributed by atoms with Gasteiger partial charge in [0.25, 0.3) is 0 Å². The average Bonchev–Trinajstić information content (AvgIpc) is 3.02. The van der Waals surface area contributed by atoms with Gasteiger partial charge in [0.15, 0.2) is 0 Å². The molecule has 0 aliphatic carbocycles. The molecule has 1 aliphatic rings. The van der Waals surface area contributed by atoms with Crippen molar-refractivity contribution in [3.63, 3.8) is 0 Å². The molecule has 7 heteroatoms. The molecule has 1 fully saturated rings.